The Hall–Kier alpha value is -0.450. The molecule has 1 aromatic heterocycles. The van der Waals surface area contributed by atoms with Crippen LogP contribution in [0, 0.1) is 0 Å². The minimum atomic E-state index is 0.576. The van der Waals surface area contributed by atoms with Crippen LogP contribution in [0.25, 0.3) is 0 Å². The van der Waals surface area contributed by atoms with Gasteiger partial charge < -0.3 is 9.73 Å². The van der Waals surface area contributed by atoms with Crippen molar-refractivity contribution in [2.45, 2.75) is 33.0 Å². The molecule has 1 atom stereocenters. The topological polar surface area (TPSA) is 28.4 Å². The van der Waals surface area contributed by atoms with Crippen LogP contribution in [0.15, 0.2) is 16.7 Å². The summed E-state index contributed by atoms with van der Waals surface area (Å²) in [5.41, 5.74) is 1.23. The van der Waals surface area contributed by atoms with Gasteiger partial charge in [-0.1, -0.05) is 6.92 Å². The third-order valence-electron chi connectivity index (χ3n) is 2.85. The van der Waals surface area contributed by atoms with Gasteiger partial charge in [-0.25, -0.2) is 0 Å². The van der Waals surface area contributed by atoms with E-state index in [9.17, 15) is 0 Å². The first-order valence-electron chi connectivity index (χ1n) is 6.13. The maximum atomic E-state index is 5.57. The van der Waals surface area contributed by atoms with E-state index >= 15 is 0 Å². The zero-order chi connectivity index (χ0) is 12.7. The molecule has 0 aliphatic rings. The average Bonchev–Trinajstić information content (AvgIpc) is 2.74. The lowest BCUT2D eigenvalue weighted by molar-refractivity contribution is 0.247. The van der Waals surface area contributed by atoms with E-state index in [1.54, 1.807) is 0 Å². The van der Waals surface area contributed by atoms with E-state index in [1.807, 2.05) is 18.0 Å². The molecule has 3 nitrogen and oxygen atoms in total. The highest BCUT2D eigenvalue weighted by Crippen LogP contribution is 2.12. The molecule has 0 saturated heterocycles. The Labute approximate surface area is 109 Å². The number of furan rings is 1. The molecule has 1 aromatic rings. The summed E-state index contributed by atoms with van der Waals surface area (Å²) in [5.74, 6) is 2.20. The summed E-state index contributed by atoms with van der Waals surface area (Å²) in [4.78, 5) is 2.33. The molecular formula is C13H24N2OS. The zero-order valence-electron chi connectivity index (χ0n) is 11.3. The van der Waals surface area contributed by atoms with E-state index in [4.69, 9.17) is 4.42 Å². The molecule has 0 aromatic carbocycles. The van der Waals surface area contributed by atoms with Crippen molar-refractivity contribution in [1.82, 2.24) is 10.2 Å². The summed E-state index contributed by atoms with van der Waals surface area (Å²) in [5, 5.41) is 3.30. The van der Waals surface area contributed by atoms with Crippen molar-refractivity contribution in [3.8, 4) is 0 Å². The Morgan fingerprint density at radius 3 is 2.94 bits per heavy atom. The molecule has 0 saturated carbocycles. The fourth-order valence-corrected chi connectivity index (χ4v) is 2.38. The zero-order valence-corrected chi connectivity index (χ0v) is 12.1. The summed E-state index contributed by atoms with van der Waals surface area (Å²) >= 11 is 1.88. The number of thioether (sulfide) groups is 1. The number of rotatable bonds is 8. The maximum absolute atomic E-state index is 5.57. The lowest BCUT2D eigenvalue weighted by Crippen LogP contribution is -2.30. The molecule has 0 radical (unpaired) electrons. The van der Waals surface area contributed by atoms with Crippen molar-refractivity contribution in [3.05, 3.63) is 23.7 Å². The molecule has 0 amide bonds. The minimum absolute atomic E-state index is 0.576. The smallest absolute Gasteiger partial charge is 0.118 e. The molecule has 0 aliphatic carbocycles. The maximum Gasteiger partial charge on any atom is 0.118 e. The Bertz CT molecular complexity index is 314. The van der Waals surface area contributed by atoms with E-state index in [0.29, 0.717) is 6.04 Å². The Balaban J connectivity index is 2.42. The van der Waals surface area contributed by atoms with E-state index in [1.165, 1.54) is 5.56 Å². The molecule has 1 N–H and O–H groups in total. The summed E-state index contributed by atoms with van der Waals surface area (Å²) in [6.07, 6.45) is 4.00. The third-order valence-corrected chi connectivity index (χ3v) is 3.67. The lowest BCUT2D eigenvalue weighted by Gasteiger charge is -2.22. The Morgan fingerprint density at radius 1 is 1.53 bits per heavy atom. The number of hydrogen-bond acceptors (Lipinski definition) is 4. The van der Waals surface area contributed by atoms with Crippen LogP contribution < -0.4 is 5.32 Å². The monoisotopic (exact) mass is 256 g/mol. The quantitative estimate of drug-likeness (QED) is 0.774. The molecule has 1 rings (SSSR count). The minimum Gasteiger partial charge on any atom is -0.468 e. The molecule has 0 aliphatic heterocycles. The first-order valence-corrected chi connectivity index (χ1v) is 7.53. The van der Waals surface area contributed by atoms with Crippen molar-refractivity contribution in [2.75, 3.05) is 25.6 Å². The predicted molar refractivity (Wildman–Crippen MR) is 75.4 cm³/mol. The third kappa shape index (κ3) is 5.15. The molecule has 17 heavy (non-hydrogen) atoms. The first-order chi connectivity index (χ1) is 8.17. The summed E-state index contributed by atoms with van der Waals surface area (Å²) in [6.45, 7) is 7.13. The van der Waals surface area contributed by atoms with Gasteiger partial charge >= 0.3 is 0 Å². The van der Waals surface area contributed by atoms with Crippen LogP contribution >= 0.6 is 11.8 Å². The van der Waals surface area contributed by atoms with Gasteiger partial charge in [-0.15, -0.1) is 0 Å². The van der Waals surface area contributed by atoms with Gasteiger partial charge in [-0.05, 0) is 32.8 Å². The van der Waals surface area contributed by atoms with E-state index in [2.05, 4.69) is 43.4 Å². The molecule has 0 fully saturated rings. The molecular weight excluding hydrogens is 232 g/mol. The molecule has 4 heteroatoms. The van der Waals surface area contributed by atoms with Gasteiger partial charge in [-0.2, -0.15) is 11.8 Å². The Morgan fingerprint density at radius 2 is 2.29 bits per heavy atom. The highest BCUT2D eigenvalue weighted by Gasteiger charge is 2.11. The van der Waals surface area contributed by atoms with E-state index < -0.39 is 0 Å². The van der Waals surface area contributed by atoms with Gasteiger partial charge in [0.2, 0.25) is 0 Å². The highest BCUT2D eigenvalue weighted by molar-refractivity contribution is 7.98. The predicted octanol–water partition coefficient (Wildman–Crippen LogP) is 2.57. The number of hydrogen-bond donors (Lipinski definition) is 1. The van der Waals surface area contributed by atoms with Crippen LogP contribution in [-0.2, 0) is 13.1 Å². The summed E-state index contributed by atoms with van der Waals surface area (Å²) < 4.78 is 5.57. The first kappa shape index (κ1) is 14.6. The van der Waals surface area contributed by atoms with Crippen molar-refractivity contribution in [3.63, 3.8) is 0 Å². The summed E-state index contributed by atoms with van der Waals surface area (Å²) in [7, 11) is 2.15. The highest BCUT2D eigenvalue weighted by atomic mass is 32.2. The molecule has 0 bridgehead atoms. The van der Waals surface area contributed by atoms with Crippen molar-refractivity contribution < 1.29 is 4.42 Å². The van der Waals surface area contributed by atoms with E-state index in [-0.39, 0.29) is 0 Å². The van der Waals surface area contributed by atoms with E-state index in [0.717, 1.165) is 31.1 Å². The van der Waals surface area contributed by atoms with Gasteiger partial charge in [0.15, 0.2) is 0 Å². The second-order valence-electron chi connectivity index (χ2n) is 4.42. The van der Waals surface area contributed by atoms with Gasteiger partial charge in [-0.3, -0.25) is 4.90 Å². The number of nitrogens with zero attached hydrogens (tertiary/aromatic N) is 1. The van der Waals surface area contributed by atoms with Crippen molar-refractivity contribution in [2.24, 2.45) is 0 Å². The molecule has 1 unspecified atom stereocenters. The van der Waals surface area contributed by atoms with Gasteiger partial charge in [0.05, 0.1) is 12.8 Å². The average molecular weight is 256 g/mol. The molecule has 0 spiro atoms. The van der Waals surface area contributed by atoms with Crippen molar-refractivity contribution in [1.29, 1.82) is 0 Å². The van der Waals surface area contributed by atoms with Crippen LogP contribution in [0.1, 0.15) is 25.2 Å². The van der Waals surface area contributed by atoms with Gasteiger partial charge in [0.25, 0.3) is 0 Å². The largest absolute Gasteiger partial charge is 0.468 e. The summed E-state index contributed by atoms with van der Waals surface area (Å²) in [6, 6.07) is 2.72. The number of nitrogens with one attached hydrogen (secondary N) is 1. The standard InChI is InChI=1S/C13H24N2OS/c1-5-14-7-12-6-13(16-9-12)8-15(3)11(2)10-17-4/h6,9,11,14H,5,7-8,10H2,1-4H3. The molecule has 1 heterocycles. The molecule has 98 valence electrons. The van der Waals surface area contributed by atoms with Crippen LogP contribution in [0.2, 0.25) is 0 Å². The van der Waals surface area contributed by atoms with Gasteiger partial charge in [0.1, 0.15) is 5.76 Å². The van der Waals surface area contributed by atoms with Crippen LogP contribution in [0.3, 0.4) is 0 Å². The Kier molecular flexibility index (Phi) is 6.70. The van der Waals surface area contributed by atoms with Crippen LogP contribution in [0.5, 0.6) is 0 Å². The fraction of sp³-hybridized carbons (Fsp3) is 0.692. The second-order valence-corrected chi connectivity index (χ2v) is 5.33. The lowest BCUT2D eigenvalue weighted by atomic mass is 10.2. The SMILES string of the molecule is CCNCc1coc(CN(C)C(C)CSC)c1. The normalized spacial score (nSPS) is 13.2. The second kappa shape index (κ2) is 7.80. The van der Waals surface area contributed by atoms with Gasteiger partial charge in [0, 0.05) is 23.9 Å². The fourth-order valence-electron chi connectivity index (χ4n) is 1.64. The van der Waals surface area contributed by atoms with Crippen LogP contribution in [-0.4, -0.2) is 36.5 Å². The van der Waals surface area contributed by atoms with Crippen LogP contribution in [0.4, 0.5) is 0 Å². The van der Waals surface area contributed by atoms with Crippen molar-refractivity contribution >= 4 is 11.8 Å².